The van der Waals surface area contributed by atoms with E-state index in [1.807, 2.05) is 17.9 Å². The van der Waals surface area contributed by atoms with Crippen molar-refractivity contribution in [2.45, 2.75) is 51.1 Å². The second-order valence-corrected chi connectivity index (χ2v) is 5.74. The van der Waals surface area contributed by atoms with Crippen LogP contribution in [0.1, 0.15) is 39.0 Å². The van der Waals surface area contributed by atoms with Crippen LogP contribution in [0.15, 0.2) is 11.6 Å². The smallest absolute Gasteiger partial charge is 0.223 e. The third-order valence-corrected chi connectivity index (χ3v) is 4.40. The number of halogens is 1. The second-order valence-electron chi connectivity index (χ2n) is 4.66. The first-order chi connectivity index (χ1) is 8.19. The molecule has 2 aliphatic heterocycles. The molecule has 0 spiro atoms. The van der Waals surface area contributed by atoms with Crippen molar-refractivity contribution in [2.24, 2.45) is 0 Å². The Labute approximate surface area is 116 Å². The van der Waals surface area contributed by atoms with Gasteiger partial charge in [0.2, 0.25) is 5.91 Å². The molecule has 0 aromatic rings. The zero-order chi connectivity index (χ0) is 12.4. The molecule has 1 amide bonds. The molecule has 0 radical (unpaired) electrons. The predicted molar refractivity (Wildman–Crippen MR) is 75.2 cm³/mol. The van der Waals surface area contributed by atoms with Crippen molar-refractivity contribution < 1.29 is 9.59 Å². The van der Waals surface area contributed by atoms with Crippen molar-refractivity contribution >= 4 is 34.3 Å². The lowest BCUT2D eigenvalue weighted by Gasteiger charge is -2.32. The molecule has 0 aromatic heterocycles. The van der Waals surface area contributed by atoms with Crippen molar-refractivity contribution in [1.82, 2.24) is 4.90 Å². The number of ketones is 1. The molecular weight excluding hydrogens is 329 g/mol. The average Bonchev–Trinajstić information content (AvgIpc) is 2.68. The van der Waals surface area contributed by atoms with Gasteiger partial charge in [-0.05, 0) is 31.3 Å². The number of carbonyl (C=O) groups is 2. The third kappa shape index (κ3) is 2.41. The van der Waals surface area contributed by atoms with Gasteiger partial charge < -0.3 is 4.90 Å². The Morgan fingerprint density at radius 1 is 1.53 bits per heavy atom. The number of nitrogens with zero attached hydrogens (tertiary/aromatic N) is 1. The lowest BCUT2D eigenvalue weighted by atomic mass is 9.97. The third-order valence-electron chi connectivity index (χ3n) is 3.63. The van der Waals surface area contributed by atoms with Gasteiger partial charge in [0.15, 0.2) is 5.78 Å². The molecule has 2 heterocycles. The molecule has 2 rings (SSSR count). The maximum Gasteiger partial charge on any atom is 0.223 e. The van der Waals surface area contributed by atoms with Crippen molar-refractivity contribution in [3.63, 3.8) is 0 Å². The summed E-state index contributed by atoms with van der Waals surface area (Å²) in [6, 6.07) is 0.0380. The molecule has 17 heavy (non-hydrogen) atoms. The highest BCUT2D eigenvalue weighted by Crippen LogP contribution is 2.34. The molecule has 1 fully saturated rings. The first-order valence-electron chi connectivity index (χ1n) is 6.31. The number of alkyl halides is 1. The molecule has 0 saturated carbocycles. The van der Waals surface area contributed by atoms with Gasteiger partial charge in [-0.15, -0.1) is 0 Å². The van der Waals surface area contributed by atoms with Crippen LogP contribution in [-0.2, 0) is 9.59 Å². The largest absolute Gasteiger partial charge is 0.326 e. The Morgan fingerprint density at radius 3 is 2.94 bits per heavy atom. The molecule has 2 atom stereocenters. The first kappa shape index (κ1) is 13.1. The fraction of sp³-hybridized carbons (Fsp3) is 0.692. The molecule has 2 aliphatic rings. The van der Waals surface area contributed by atoms with Gasteiger partial charge in [0.05, 0.1) is 12.1 Å². The summed E-state index contributed by atoms with van der Waals surface area (Å²) in [6.07, 6.45) is 6.11. The minimum Gasteiger partial charge on any atom is -0.326 e. The van der Waals surface area contributed by atoms with Crippen molar-refractivity contribution in [3.05, 3.63) is 11.6 Å². The summed E-state index contributed by atoms with van der Waals surface area (Å²) in [7, 11) is 0. The predicted octanol–water partition coefficient (Wildman–Crippen LogP) is 2.48. The van der Waals surface area contributed by atoms with E-state index in [1.165, 1.54) is 0 Å². The average molecular weight is 347 g/mol. The van der Waals surface area contributed by atoms with E-state index in [0.29, 0.717) is 6.42 Å². The maximum absolute atomic E-state index is 12.1. The fourth-order valence-corrected chi connectivity index (χ4v) is 3.17. The number of hydrogen-bond acceptors (Lipinski definition) is 2. The molecule has 3 nitrogen and oxygen atoms in total. The molecular formula is C13H18INO2. The summed E-state index contributed by atoms with van der Waals surface area (Å²) in [4.78, 5) is 26.1. The standard InChI is InChI=1S/C13H18INO2/c1-2-9-8-10-5-6-11(13(9)17)15(10)12(16)4-3-7-14/h8,10-11H,2-7H2,1H3/t10-,11+/m0/s1. The van der Waals surface area contributed by atoms with Gasteiger partial charge in [-0.25, -0.2) is 0 Å². The first-order valence-corrected chi connectivity index (χ1v) is 7.83. The fourth-order valence-electron chi connectivity index (χ4n) is 2.79. The van der Waals surface area contributed by atoms with Crippen molar-refractivity contribution in [3.8, 4) is 0 Å². The Balaban J connectivity index is 2.14. The molecule has 4 heteroatoms. The van der Waals surface area contributed by atoms with Crippen LogP contribution >= 0.6 is 22.6 Å². The van der Waals surface area contributed by atoms with Crippen LogP contribution < -0.4 is 0 Å². The van der Waals surface area contributed by atoms with E-state index in [2.05, 4.69) is 22.6 Å². The molecule has 0 aromatic carbocycles. The highest BCUT2D eigenvalue weighted by Gasteiger charge is 2.43. The van der Waals surface area contributed by atoms with E-state index in [1.54, 1.807) is 0 Å². The minimum absolute atomic E-state index is 0.151. The summed E-state index contributed by atoms with van der Waals surface area (Å²) in [6.45, 7) is 2.01. The lowest BCUT2D eigenvalue weighted by Crippen LogP contribution is -2.47. The van der Waals surface area contributed by atoms with Gasteiger partial charge in [0.1, 0.15) is 0 Å². The van der Waals surface area contributed by atoms with Gasteiger partial charge in [-0.3, -0.25) is 9.59 Å². The number of rotatable bonds is 4. The quantitative estimate of drug-likeness (QED) is 0.579. The Hall–Kier alpha value is -0.390. The van der Waals surface area contributed by atoms with Crippen LogP contribution in [-0.4, -0.2) is 33.1 Å². The van der Waals surface area contributed by atoms with E-state index >= 15 is 0 Å². The van der Waals surface area contributed by atoms with E-state index in [4.69, 9.17) is 0 Å². The Kier molecular flexibility index (Phi) is 4.22. The summed E-state index contributed by atoms with van der Waals surface area (Å²) in [5.74, 6) is 0.345. The maximum atomic E-state index is 12.1. The monoisotopic (exact) mass is 347 g/mol. The zero-order valence-electron chi connectivity index (χ0n) is 10.1. The summed E-state index contributed by atoms with van der Waals surface area (Å²) in [5, 5.41) is 0. The van der Waals surface area contributed by atoms with E-state index in [0.717, 1.165) is 35.7 Å². The summed E-state index contributed by atoms with van der Waals surface area (Å²) >= 11 is 2.28. The highest BCUT2D eigenvalue weighted by atomic mass is 127. The molecule has 1 saturated heterocycles. The topological polar surface area (TPSA) is 37.4 Å². The van der Waals surface area contributed by atoms with E-state index in [-0.39, 0.29) is 23.8 Å². The van der Waals surface area contributed by atoms with Crippen LogP contribution in [0.5, 0.6) is 0 Å². The van der Waals surface area contributed by atoms with Crippen LogP contribution in [0.25, 0.3) is 0 Å². The molecule has 0 N–H and O–H groups in total. The van der Waals surface area contributed by atoms with Gasteiger partial charge in [0.25, 0.3) is 0 Å². The number of amides is 1. The van der Waals surface area contributed by atoms with Gasteiger partial charge in [0, 0.05) is 10.8 Å². The van der Waals surface area contributed by atoms with Crippen LogP contribution in [0.2, 0.25) is 0 Å². The van der Waals surface area contributed by atoms with E-state index in [9.17, 15) is 9.59 Å². The van der Waals surface area contributed by atoms with Crippen molar-refractivity contribution in [2.75, 3.05) is 4.43 Å². The molecule has 94 valence electrons. The molecule has 2 bridgehead atoms. The SMILES string of the molecule is CCC1=C[C@@H]2CC[C@H](C1=O)N2C(=O)CCCI. The number of Topliss-reactive ketones (excluding diaryl/α,β-unsaturated/α-hetero) is 1. The number of fused-ring (bicyclic) bond motifs is 2. The van der Waals surface area contributed by atoms with Crippen LogP contribution in [0.4, 0.5) is 0 Å². The summed E-state index contributed by atoms with van der Waals surface area (Å²) in [5.41, 5.74) is 0.926. The summed E-state index contributed by atoms with van der Waals surface area (Å²) < 4.78 is 0.997. The van der Waals surface area contributed by atoms with Gasteiger partial charge >= 0.3 is 0 Å². The van der Waals surface area contributed by atoms with Gasteiger partial charge in [-0.2, -0.15) is 0 Å². The highest BCUT2D eigenvalue weighted by molar-refractivity contribution is 14.1. The van der Waals surface area contributed by atoms with E-state index < -0.39 is 0 Å². The molecule has 0 aliphatic carbocycles. The van der Waals surface area contributed by atoms with Crippen molar-refractivity contribution in [1.29, 1.82) is 0 Å². The Morgan fingerprint density at radius 2 is 2.29 bits per heavy atom. The van der Waals surface area contributed by atoms with Crippen LogP contribution in [0, 0.1) is 0 Å². The Bertz CT molecular complexity index is 364. The lowest BCUT2D eigenvalue weighted by molar-refractivity contribution is -0.138. The zero-order valence-corrected chi connectivity index (χ0v) is 12.3. The van der Waals surface area contributed by atoms with Gasteiger partial charge in [-0.1, -0.05) is 35.6 Å². The minimum atomic E-state index is -0.151. The number of hydrogen-bond donors (Lipinski definition) is 0. The van der Waals surface area contributed by atoms with Crippen LogP contribution in [0.3, 0.4) is 0 Å². The second kappa shape index (κ2) is 5.50. The number of carbonyl (C=O) groups excluding carboxylic acids is 2. The molecule has 0 unspecified atom stereocenters. The normalized spacial score (nSPS) is 27.3.